The van der Waals surface area contributed by atoms with E-state index in [9.17, 15) is 4.79 Å². The smallest absolute Gasteiger partial charge is 0.255 e. The van der Waals surface area contributed by atoms with E-state index in [-0.39, 0.29) is 5.91 Å². The van der Waals surface area contributed by atoms with E-state index in [2.05, 4.69) is 10.2 Å². The van der Waals surface area contributed by atoms with Crippen molar-refractivity contribution in [1.29, 1.82) is 0 Å². The van der Waals surface area contributed by atoms with Crippen LogP contribution < -0.4 is 5.32 Å². The molecule has 4 nitrogen and oxygen atoms in total. The molecule has 0 aliphatic carbocycles. The summed E-state index contributed by atoms with van der Waals surface area (Å²) in [4.78, 5) is 14.8. The highest BCUT2D eigenvalue weighted by molar-refractivity contribution is 6.04. The number of ether oxygens (including phenoxy) is 1. The van der Waals surface area contributed by atoms with Gasteiger partial charge in [-0.05, 0) is 48.7 Å². The molecule has 1 aliphatic heterocycles. The summed E-state index contributed by atoms with van der Waals surface area (Å²) in [5, 5.41) is 3.00. The lowest BCUT2D eigenvalue weighted by Gasteiger charge is -2.26. The topological polar surface area (TPSA) is 41.6 Å². The molecule has 3 rings (SSSR count). The predicted molar refractivity (Wildman–Crippen MR) is 96.4 cm³/mol. The van der Waals surface area contributed by atoms with Gasteiger partial charge in [0.25, 0.3) is 5.91 Å². The van der Waals surface area contributed by atoms with E-state index < -0.39 is 0 Å². The van der Waals surface area contributed by atoms with Crippen molar-refractivity contribution in [2.75, 3.05) is 31.6 Å². The van der Waals surface area contributed by atoms with Crippen molar-refractivity contribution >= 4 is 11.6 Å². The van der Waals surface area contributed by atoms with Crippen molar-refractivity contribution < 1.29 is 9.53 Å². The number of nitrogens with one attached hydrogen (secondary N) is 1. The summed E-state index contributed by atoms with van der Waals surface area (Å²) < 4.78 is 5.37. The average Bonchev–Trinajstić information content (AvgIpc) is 2.60. The minimum absolute atomic E-state index is 0.0679. The summed E-state index contributed by atoms with van der Waals surface area (Å²) in [6, 6.07) is 13.8. The SMILES string of the molecule is Cc1cccc(NC(=O)c2ccc(CN3CCOCC3)cc2)c1C. The fourth-order valence-electron chi connectivity index (χ4n) is 2.86. The lowest BCUT2D eigenvalue weighted by molar-refractivity contribution is 0.0342. The summed E-state index contributed by atoms with van der Waals surface area (Å²) in [7, 11) is 0. The molecule has 1 aliphatic rings. The number of carbonyl (C=O) groups excluding carboxylic acids is 1. The van der Waals surface area contributed by atoms with Crippen LogP contribution in [-0.2, 0) is 11.3 Å². The second-order valence-corrected chi connectivity index (χ2v) is 6.29. The highest BCUT2D eigenvalue weighted by Gasteiger charge is 2.12. The molecule has 126 valence electrons. The fraction of sp³-hybridized carbons (Fsp3) is 0.350. The number of carbonyl (C=O) groups is 1. The van der Waals surface area contributed by atoms with Gasteiger partial charge in [0.1, 0.15) is 0 Å². The van der Waals surface area contributed by atoms with Crippen LogP contribution in [0.4, 0.5) is 5.69 Å². The molecule has 0 bridgehead atoms. The van der Waals surface area contributed by atoms with Crippen molar-refractivity contribution in [1.82, 2.24) is 4.90 Å². The normalized spacial score (nSPS) is 15.2. The molecule has 24 heavy (non-hydrogen) atoms. The molecular weight excluding hydrogens is 300 g/mol. The lowest BCUT2D eigenvalue weighted by Crippen LogP contribution is -2.35. The highest BCUT2D eigenvalue weighted by Crippen LogP contribution is 2.19. The molecule has 0 atom stereocenters. The molecular formula is C20H24N2O2. The molecule has 0 aromatic heterocycles. The van der Waals surface area contributed by atoms with Crippen molar-refractivity contribution in [3.05, 3.63) is 64.7 Å². The number of morpholine rings is 1. The number of anilines is 1. The van der Waals surface area contributed by atoms with E-state index in [0.29, 0.717) is 5.56 Å². The number of aryl methyl sites for hydroxylation is 1. The second-order valence-electron chi connectivity index (χ2n) is 6.29. The molecule has 2 aromatic carbocycles. The first-order chi connectivity index (χ1) is 11.6. The average molecular weight is 324 g/mol. The molecule has 1 heterocycles. The van der Waals surface area contributed by atoms with Crippen LogP contribution >= 0.6 is 0 Å². The Labute approximate surface area is 143 Å². The van der Waals surface area contributed by atoms with Crippen LogP contribution in [0.2, 0.25) is 0 Å². The predicted octanol–water partition coefficient (Wildman–Crippen LogP) is 3.39. The quantitative estimate of drug-likeness (QED) is 0.937. The van der Waals surface area contributed by atoms with E-state index in [1.54, 1.807) is 0 Å². The number of benzene rings is 2. The van der Waals surface area contributed by atoms with Gasteiger partial charge in [-0.25, -0.2) is 0 Å². The third-order valence-corrected chi connectivity index (χ3v) is 4.58. The van der Waals surface area contributed by atoms with Crippen molar-refractivity contribution in [2.45, 2.75) is 20.4 Å². The maximum Gasteiger partial charge on any atom is 0.255 e. The van der Waals surface area contributed by atoms with Gasteiger partial charge < -0.3 is 10.1 Å². The third-order valence-electron chi connectivity index (χ3n) is 4.58. The number of hydrogen-bond acceptors (Lipinski definition) is 3. The van der Waals surface area contributed by atoms with Crippen molar-refractivity contribution in [3.8, 4) is 0 Å². The molecule has 1 N–H and O–H groups in total. The van der Waals surface area contributed by atoms with Gasteiger partial charge >= 0.3 is 0 Å². The lowest BCUT2D eigenvalue weighted by atomic mass is 10.1. The van der Waals surface area contributed by atoms with Gasteiger partial charge in [-0.3, -0.25) is 9.69 Å². The van der Waals surface area contributed by atoms with Crippen LogP contribution in [0.5, 0.6) is 0 Å². The third kappa shape index (κ3) is 4.02. The van der Waals surface area contributed by atoms with Gasteiger partial charge in [0.05, 0.1) is 13.2 Å². The summed E-state index contributed by atoms with van der Waals surface area (Å²) in [5.74, 6) is -0.0679. The molecule has 0 spiro atoms. The summed E-state index contributed by atoms with van der Waals surface area (Å²) in [6.45, 7) is 8.51. The van der Waals surface area contributed by atoms with E-state index in [0.717, 1.165) is 44.1 Å². The molecule has 0 unspecified atom stereocenters. The van der Waals surface area contributed by atoms with E-state index >= 15 is 0 Å². The Hall–Kier alpha value is -2.17. The Morgan fingerprint density at radius 2 is 1.79 bits per heavy atom. The standard InChI is InChI=1S/C20H24N2O2/c1-15-4-3-5-19(16(15)2)21-20(23)18-8-6-17(7-9-18)14-22-10-12-24-13-11-22/h3-9H,10-14H2,1-2H3,(H,21,23). The zero-order chi connectivity index (χ0) is 16.9. The highest BCUT2D eigenvalue weighted by atomic mass is 16.5. The molecule has 2 aromatic rings. The van der Waals surface area contributed by atoms with Crippen LogP contribution in [0.3, 0.4) is 0 Å². The molecule has 0 radical (unpaired) electrons. The number of rotatable bonds is 4. The van der Waals surface area contributed by atoms with Gasteiger partial charge in [0, 0.05) is 30.9 Å². The van der Waals surface area contributed by atoms with Gasteiger partial charge in [0.15, 0.2) is 0 Å². The Bertz CT molecular complexity index is 704. The summed E-state index contributed by atoms with van der Waals surface area (Å²) in [5.41, 5.74) is 5.06. The number of nitrogens with zero attached hydrogens (tertiary/aromatic N) is 1. The van der Waals surface area contributed by atoms with E-state index in [1.165, 1.54) is 11.1 Å². The van der Waals surface area contributed by atoms with Crippen LogP contribution in [-0.4, -0.2) is 37.1 Å². The molecule has 0 saturated carbocycles. The molecule has 1 fully saturated rings. The maximum absolute atomic E-state index is 12.4. The van der Waals surface area contributed by atoms with Gasteiger partial charge in [-0.15, -0.1) is 0 Å². The van der Waals surface area contributed by atoms with Gasteiger partial charge in [-0.2, -0.15) is 0 Å². The molecule has 4 heteroatoms. The summed E-state index contributed by atoms with van der Waals surface area (Å²) >= 11 is 0. The van der Waals surface area contributed by atoms with Crippen LogP contribution in [0.1, 0.15) is 27.0 Å². The largest absolute Gasteiger partial charge is 0.379 e. The first kappa shape index (κ1) is 16.7. The van der Waals surface area contributed by atoms with Crippen molar-refractivity contribution in [3.63, 3.8) is 0 Å². The van der Waals surface area contributed by atoms with E-state index in [1.807, 2.05) is 56.3 Å². The van der Waals surface area contributed by atoms with Gasteiger partial charge in [-0.1, -0.05) is 24.3 Å². The van der Waals surface area contributed by atoms with Crippen LogP contribution in [0, 0.1) is 13.8 Å². The Morgan fingerprint density at radius 3 is 2.50 bits per heavy atom. The van der Waals surface area contributed by atoms with Crippen molar-refractivity contribution in [2.24, 2.45) is 0 Å². The fourth-order valence-corrected chi connectivity index (χ4v) is 2.86. The first-order valence-electron chi connectivity index (χ1n) is 8.40. The zero-order valence-electron chi connectivity index (χ0n) is 14.3. The Kier molecular flexibility index (Phi) is 5.28. The second kappa shape index (κ2) is 7.60. The molecule has 1 amide bonds. The van der Waals surface area contributed by atoms with Crippen LogP contribution in [0.25, 0.3) is 0 Å². The number of amides is 1. The Morgan fingerprint density at radius 1 is 1.08 bits per heavy atom. The van der Waals surface area contributed by atoms with Crippen LogP contribution in [0.15, 0.2) is 42.5 Å². The molecule has 1 saturated heterocycles. The zero-order valence-corrected chi connectivity index (χ0v) is 14.3. The minimum atomic E-state index is -0.0679. The summed E-state index contributed by atoms with van der Waals surface area (Å²) in [6.07, 6.45) is 0. The van der Waals surface area contributed by atoms with E-state index in [4.69, 9.17) is 4.74 Å². The number of hydrogen-bond donors (Lipinski definition) is 1. The van der Waals surface area contributed by atoms with Gasteiger partial charge in [0.2, 0.25) is 0 Å². The minimum Gasteiger partial charge on any atom is -0.379 e. The first-order valence-corrected chi connectivity index (χ1v) is 8.40. The monoisotopic (exact) mass is 324 g/mol. The maximum atomic E-state index is 12.4. The Balaban J connectivity index is 1.64.